The number of carbonyl (C=O) groups is 1. The van der Waals surface area contributed by atoms with Crippen LogP contribution in [0.25, 0.3) is 0 Å². The topological polar surface area (TPSA) is 128 Å². The number of ether oxygens (including phenoxy) is 2. The van der Waals surface area contributed by atoms with Crippen LogP contribution < -0.4 is 11.1 Å². The Kier molecular flexibility index (Phi) is 9.79. The van der Waals surface area contributed by atoms with Crippen LogP contribution in [0.1, 0.15) is 6.42 Å². The summed E-state index contributed by atoms with van der Waals surface area (Å²) < 4.78 is 39.3. The summed E-state index contributed by atoms with van der Waals surface area (Å²) in [6, 6.07) is 0. The largest absolute Gasteiger partial charge is 0.378 e. The van der Waals surface area contributed by atoms with Crippen LogP contribution in [0.15, 0.2) is 0 Å². The number of carbonyl (C=O) groups excluding carboxylic acids is 1. The normalized spacial score (nSPS) is 11.4. The van der Waals surface area contributed by atoms with E-state index in [1.165, 1.54) is 0 Å². The fourth-order valence-corrected chi connectivity index (χ4v) is 1.42. The smallest absolute Gasteiger partial charge is 0.265 e. The Morgan fingerprint density at radius 3 is 2.33 bits per heavy atom. The molecule has 0 radical (unpaired) electrons. The zero-order valence-electron chi connectivity index (χ0n) is 10.1. The molecule has 1 amide bonds. The van der Waals surface area contributed by atoms with Gasteiger partial charge in [-0.05, 0) is 0 Å². The van der Waals surface area contributed by atoms with Gasteiger partial charge in [0.05, 0.1) is 32.2 Å². The molecule has 0 unspecified atom stereocenters. The van der Waals surface area contributed by atoms with Crippen LogP contribution in [-0.2, 0) is 24.4 Å². The van der Waals surface area contributed by atoms with Gasteiger partial charge < -0.3 is 20.5 Å². The van der Waals surface area contributed by atoms with Gasteiger partial charge >= 0.3 is 0 Å². The molecule has 0 bridgehead atoms. The molecule has 8 nitrogen and oxygen atoms in total. The average Bonchev–Trinajstić information content (AvgIpc) is 2.29. The Morgan fingerprint density at radius 1 is 1.17 bits per heavy atom. The van der Waals surface area contributed by atoms with E-state index in [4.69, 9.17) is 19.8 Å². The minimum atomic E-state index is -4.09. The third-order valence-corrected chi connectivity index (χ3v) is 2.51. The molecular formula is C9H20N2O6S. The van der Waals surface area contributed by atoms with Crippen molar-refractivity contribution in [2.24, 2.45) is 5.73 Å². The Labute approximate surface area is 107 Å². The van der Waals surface area contributed by atoms with Crippen molar-refractivity contribution in [3.63, 3.8) is 0 Å². The lowest BCUT2D eigenvalue weighted by Gasteiger charge is -2.06. The molecule has 4 N–H and O–H groups in total. The molecule has 9 heteroatoms. The van der Waals surface area contributed by atoms with Crippen LogP contribution >= 0.6 is 0 Å². The molecular weight excluding hydrogens is 264 g/mol. The molecule has 0 aromatic heterocycles. The number of nitrogens with two attached hydrogens (primary N) is 1. The van der Waals surface area contributed by atoms with Gasteiger partial charge in [-0.3, -0.25) is 9.35 Å². The van der Waals surface area contributed by atoms with Gasteiger partial charge in [-0.25, -0.2) is 0 Å². The van der Waals surface area contributed by atoms with Crippen LogP contribution in [0.4, 0.5) is 0 Å². The summed E-state index contributed by atoms with van der Waals surface area (Å²) in [5.74, 6) is -1.03. The minimum Gasteiger partial charge on any atom is -0.378 e. The van der Waals surface area contributed by atoms with E-state index in [-0.39, 0.29) is 13.0 Å². The monoisotopic (exact) mass is 284 g/mol. The first kappa shape index (κ1) is 17.3. The summed E-state index contributed by atoms with van der Waals surface area (Å²) in [5, 5.41) is 2.46. The van der Waals surface area contributed by atoms with Crippen LogP contribution in [0, 0.1) is 0 Å². The number of hydrogen-bond acceptors (Lipinski definition) is 6. The lowest BCUT2D eigenvalue weighted by Crippen LogP contribution is -2.29. The molecule has 0 heterocycles. The van der Waals surface area contributed by atoms with E-state index in [2.05, 4.69) is 5.32 Å². The van der Waals surface area contributed by atoms with Gasteiger partial charge in [-0.15, -0.1) is 0 Å². The van der Waals surface area contributed by atoms with Crippen molar-refractivity contribution >= 4 is 16.0 Å². The Balaban J connectivity index is 3.30. The van der Waals surface area contributed by atoms with Gasteiger partial charge in [0.15, 0.2) is 0 Å². The van der Waals surface area contributed by atoms with E-state index < -0.39 is 21.8 Å². The van der Waals surface area contributed by atoms with E-state index in [1.807, 2.05) is 0 Å². The molecule has 0 atom stereocenters. The van der Waals surface area contributed by atoms with Gasteiger partial charge in [-0.1, -0.05) is 0 Å². The van der Waals surface area contributed by atoms with Crippen molar-refractivity contribution in [1.82, 2.24) is 5.32 Å². The standard InChI is InChI=1S/C9H20N2O6S/c10-2-4-16-6-7-17-5-3-11-9(12)1-8-18(13,14)15/h1-8,10H2,(H,11,12)(H,13,14,15). The molecule has 0 aliphatic carbocycles. The maximum absolute atomic E-state index is 11.1. The molecule has 0 saturated heterocycles. The molecule has 0 saturated carbocycles. The van der Waals surface area contributed by atoms with Crippen LogP contribution in [0.3, 0.4) is 0 Å². The molecule has 18 heavy (non-hydrogen) atoms. The van der Waals surface area contributed by atoms with E-state index in [1.54, 1.807) is 0 Å². The minimum absolute atomic E-state index is 0.265. The van der Waals surface area contributed by atoms with Crippen molar-refractivity contribution in [2.45, 2.75) is 6.42 Å². The summed E-state index contributed by atoms with van der Waals surface area (Å²) in [4.78, 5) is 11.1. The number of rotatable bonds is 11. The Bertz CT molecular complexity index is 319. The Hall–Kier alpha value is -0.740. The third kappa shape index (κ3) is 13.3. The molecule has 0 aromatic carbocycles. The van der Waals surface area contributed by atoms with Crippen molar-refractivity contribution < 1.29 is 27.2 Å². The molecule has 0 spiro atoms. The zero-order chi connectivity index (χ0) is 13.9. The number of nitrogens with one attached hydrogen (secondary N) is 1. The first-order valence-electron chi connectivity index (χ1n) is 5.53. The molecule has 0 fully saturated rings. The quantitative estimate of drug-likeness (QED) is 0.307. The molecule has 108 valence electrons. The molecule has 0 rings (SSSR count). The van der Waals surface area contributed by atoms with E-state index >= 15 is 0 Å². The van der Waals surface area contributed by atoms with Crippen molar-refractivity contribution in [3.05, 3.63) is 0 Å². The highest BCUT2D eigenvalue weighted by Gasteiger charge is 2.08. The van der Waals surface area contributed by atoms with Gasteiger partial charge in [0.1, 0.15) is 0 Å². The van der Waals surface area contributed by atoms with Gasteiger partial charge in [0.2, 0.25) is 5.91 Å². The van der Waals surface area contributed by atoms with E-state index in [0.717, 1.165) is 0 Å². The average molecular weight is 284 g/mol. The van der Waals surface area contributed by atoms with Crippen LogP contribution in [-0.4, -0.2) is 64.1 Å². The van der Waals surface area contributed by atoms with Crippen molar-refractivity contribution in [3.8, 4) is 0 Å². The predicted octanol–water partition coefficient (Wildman–Crippen LogP) is -1.63. The van der Waals surface area contributed by atoms with Crippen molar-refractivity contribution in [1.29, 1.82) is 0 Å². The summed E-state index contributed by atoms with van der Waals surface area (Å²) in [6.45, 7) is 2.37. The fraction of sp³-hybridized carbons (Fsp3) is 0.889. The van der Waals surface area contributed by atoms with Crippen LogP contribution in [0.5, 0.6) is 0 Å². The highest BCUT2D eigenvalue weighted by molar-refractivity contribution is 7.85. The zero-order valence-corrected chi connectivity index (χ0v) is 10.9. The maximum Gasteiger partial charge on any atom is 0.265 e. The second kappa shape index (κ2) is 10.2. The first-order valence-corrected chi connectivity index (χ1v) is 7.14. The molecule has 0 aliphatic heterocycles. The van der Waals surface area contributed by atoms with Gasteiger partial charge in [-0.2, -0.15) is 8.42 Å². The third-order valence-electron chi connectivity index (χ3n) is 1.79. The predicted molar refractivity (Wildman–Crippen MR) is 64.7 cm³/mol. The fourth-order valence-electron chi connectivity index (χ4n) is 0.978. The molecule has 0 aliphatic rings. The van der Waals surface area contributed by atoms with E-state index in [9.17, 15) is 13.2 Å². The number of hydrogen-bond donors (Lipinski definition) is 3. The number of amides is 1. The molecule has 0 aromatic rings. The van der Waals surface area contributed by atoms with Crippen LogP contribution in [0.2, 0.25) is 0 Å². The summed E-state index contributed by atoms with van der Waals surface area (Å²) in [6.07, 6.45) is -0.265. The Morgan fingerprint density at radius 2 is 1.78 bits per heavy atom. The summed E-state index contributed by atoms with van der Waals surface area (Å²) in [7, 11) is -4.09. The summed E-state index contributed by atoms with van der Waals surface area (Å²) in [5.41, 5.74) is 5.21. The highest BCUT2D eigenvalue weighted by Crippen LogP contribution is 1.88. The van der Waals surface area contributed by atoms with Crippen molar-refractivity contribution in [2.75, 3.05) is 45.3 Å². The van der Waals surface area contributed by atoms with E-state index in [0.29, 0.717) is 33.0 Å². The first-order chi connectivity index (χ1) is 8.45. The SMILES string of the molecule is NCCOCCOCCNC(=O)CCS(=O)(=O)O. The highest BCUT2D eigenvalue weighted by atomic mass is 32.2. The lowest BCUT2D eigenvalue weighted by atomic mass is 10.4. The second-order valence-electron chi connectivity index (χ2n) is 3.40. The van der Waals surface area contributed by atoms with Gasteiger partial charge in [0.25, 0.3) is 10.1 Å². The maximum atomic E-state index is 11.1. The summed E-state index contributed by atoms with van der Waals surface area (Å²) >= 11 is 0. The second-order valence-corrected chi connectivity index (χ2v) is 4.97. The van der Waals surface area contributed by atoms with Gasteiger partial charge in [0, 0.05) is 19.5 Å². The lowest BCUT2D eigenvalue weighted by molar-refractivity contribution is -0.121.